The van der Waals surface area contributed by atoms with E-state index in [9.17, 15) is 4.79 Å². The van der Waals surface area contributed by atoms with Crippen molar-refractivity contribution < 1.29 is 9.90 Å². The molecule has 0 saturated heterocycles. The Kier molecular flexibility index (Phi) is 3.47. The molecule has 0 unspecified atom stereocenters. The van der Waals surface area contributed by atoms with E-state index in [0.29, 0.717) is 0 Å². The average Bonchev–Trinajstić information content (AvgIpc) is 2.14. The van der Waals surface area contributed by atoms with Crippen LogP contribution in [0, 0.1) is 0 Å². The average molecular weight is 220 g/mol. The SMILES string of the molecule is C[Si](C)(C)c1cccc(/C=C\C(=O)O)c1. The molecule has 0 heterocycles. The number of aliphatic carboxylic acids is 1. The summed E-state index contributed by atoms with van der Waals surface area (Å²) in [5.41, 5.74) is 0.956. The molecule has 0 amide bonds. The van der Waals surface area contributed by atoms with Gasteiger partial charge < -0.3 is 5.11 Å². The topological polar surface area (TPSA) is 37.3 Å². The minimum Gasteiger partial charge on any atom is -0.478 e. The Morgan fingerprint density at radius 3 is 2.53 bits per heavy atom. The summed E-state index contributed by atoms with van der Waals surface area (Å²) in [6.07, 6.45) is 2.80. The van der Waals surface area contributed by atoms with Gasteiger partial charge in [0.1, 0.15) is 0 Å². The third-order valence-corrected chi connectivity index (χ3v) is 4.21. The molecule has 0 spiro atoms. The summed E-state index contributed by atoms with van der Waals surface area (Å²) in [6, 6.07) is 8.09. The number of carbonyl (C=O) groups is 1. The molecular weight excluding hydrogens is 204 g/mol. The van der Waals surface area contributed by atoms with E-state index in [1.54, 1.807) is 6.08 Å². The molecule has 80 valence electrons. The van der Waals surface area contributed by atoms with Gasteiger partial charge in [-0.05, 0) is 11.6 Å². The second kappa shape index (κ2) is 4.44. The number of hydrogen-bond donors (Lipinski definition) is 1. The van der Waals surface area contributed by atoms with Gasteiger partial charge in [-0.1, -0.05) is 49.1 Å². The summed E-state index contributed by atoms with van der Waals surface area (Å²) >= 11 is 0. The minimum atomic E-state index is -1.30. The molecule has 0 radical (unpaired) electrons. The van der Waals surface area contributed by atoms with Crippen LogP contribution in [0.25, 0.3) is 6.08 Å². The van der Waals surface area contributed by atoms with E-state index >= 15 is 0 Å². The highest BCUT2D eigenvalue weighted by molar-refractivity contribution is 6.88. The molecule has 1 aromatic carbocycles. The van der Waals surface area contributed by atoms with Gasteiger partial charge in [0, 0.05) is 6.08 Å². The highest BCUT2D eigenvalue weighted by Gasteiger charge is 2.15. The predicted octanol–water partition coefficient (Wildman–Crippen LogP) is 2.33. The highest BCUT2D eigenvalue weighted by Crippen LogP contribution is 2.06. The monoisotopic (exact) mass is 220 g/mol. The molecule has 1 aromatic rings. The summed E-state index contributed by atoms with van der Waals surface area (Å²) in [5.74, 6) is -0.909. The van der Waals surface area contributed by atoms with E-state index in [-0.39, 0.29) is 0 Å². The Balaban J connectivity index is 2.98. The molecule has 0 aliphatic heterocycles. The van der Waals surface area contributed by atoms with E-state index in [0.717, 1.165) is 5.56 Å². The molecular formula is C12H16O2Si. The summed E-state index contributed by atoms with van der Waals surface area (Å²) < 4.78 is 0. The molecule has 0 bridgehead atoms. The van der Waals surface area contributed by atoms with Crippen LogP contribution in [0.4, 0.5) is 0 Å². The smallest absolute Gasteiger partial charge is 0.328 e. The molecule has 0 aliphatic carbocycles. The molecule has 3 heteroatoms. The van der Waals surface area contributed by atoms with E-state index in [2.05, 4.69) is 31.8 Å². The standard InChI is InChI=1S/C12H16O2Si/c1-15(2,3)11-6-4-5-10(9-11)7-8-12(13)14/h4-9H,1-3H3,(H,13,14)/b8-7-. The molecule has 0 atom stereocenters. The maximum atomic E-state index is 10.4. The second-order valence-electron chi connectivity index (χ2n) is 4.55. The van der Waals surface area contributed by atoms with E-state index in [1.807, 2.05) is 12.1 Å². The van der Waals surface area contributed by atoms with Crippen LogP contribution < -0.4 is 5.19 Å². The lowest BCUT2D eigenvalue weighted by Gasteiger charge is -2.16. The van der Waals surface area contributed by atoms with E-state index < -0.39 is 14.0 Å². The van der Waals surface area contributed by atoms with Gasteiger partial charge in [0.25, 0.3) is 0 Å². The molecule has 1 rings (SSSR count). The third-order valence-electron chi connectivity index (χ3n) is 2.17. The van der Waals surface area contributed by atoms with Crippen molar-refractivity contribution in [2.75, 3.05) is 0 Å². The van der Waals surface area contributed by atoms with Crippen molar-refractivity contribution >= 4 is 25.3 Å². The molecule has 0 fully saturated rings. The van der Waals surface area contributed by atoms with Crippen molar-refractivity contribution in [3.63, 3.8) is 0 Å². The zero-order valence-corrected chi connectivity index (χ0v) is 10.3. The number of carboxylic acids is 1. The van der Waals surface area contributed by atoms with Crippen LogP contribution in [0.5, 0.6) is 0 Å². The minimum absolute atomic E-state index is 0.909. The fourth-order valence-electron chi connectivity index (χ4n) is 1.28. The van der Waals surface area contributed by atoms with Gasteiger partial charge >= 0.3 is 5.97 Å². The summed E-state index contributed by atoms with van der Waals surface area (Å²) in [6.45, 7) is 6.81. The second-order valence-corrected chi connectivity index (χ2v) is 9.62. The Hall–Kier alpha value is -1.35. The normalized spacial score (nSPS) is 11.9. The van der Waals surface area contributed by atoms with Crippen molar-refractivity contribution in [2.45, 2.75) is 19.6 Å². The first kappa shape index (κ1) is 11.7. The van der Waals surface area contributed by atoms with Gasteiger partial charge in [-0.25, -0.2) is 4.79 Å². The molecule has 0 aromatic heterocycles. The van der Waals surface area contributed by atoms with E-state index in [4.69, 9.17) is 5.11 Å². The molecule has 1 N–H and O–H groups in total. The van der Waals surface area contributed by atoms with Crippen molar-refractivity contribution in [1.82, 2.24) is 0 Å². The Morgan fingerprint density at radius 1 is 1.33 bits per heavy atom. The lowest BCUT2D eigenvalue weighted by Crippen LogP contribution is -2.37. The zero-order chi connectivity index (χ0) is 11.5. The van der Waals surface area contributed by atoms with Gasteiger partial charge in [0.15, 0.2) is 0 Å². The lowest BCUT2D eigenvalue weighted by atomic mass is 10.2. The zero-order valence-electron chi connectivity index (χ0n) is 9.32. The van der Waals surface area contributed by atoms with Crippen LogP contribution in [0.15, 0.2) is 30.3 Å². The fourth-order valence-corrected chi connectivity index (χ4v) is 2.47. The van der Waals surface area contributed by atoms with Crippen LogP contribution in [0.3, 0.4) is 0 Å². The van der Waals surface area contributed by atoms with Crippen molar-refractivity contribution in [3.05, 3.63) is 35.9 Å². The number of carboxylic acid groups (broad SMARTS) is 1. The Morgan fingerprint density at radius 2 is 2.00 bits per heavy atom. The maximum absolute atomic E-state index is 10.4. The predicted molar refractivity (Wildman–Crippen MR) is 66.1 cm³/mol. The molecule has 2 nitrogen and oxygen atoms in total. The maximum Gasteiger partial charge on any atom is 0.328 e. The van der Waals surface area contributed by atoms with Gasteiger partial charge in [-0.3, -0.25) is 0 Å². The summed E-state index contributed by atoms with van der Waals surface area (Å²) in [7, 11) is -1.30. The molecule has 15 heavy (non-hydrogen) atoms. The number of hydrogen-bond acceptors (Lipinski definition) is 1. The summed E-state index contributed by atoms with van der Waals surface area (Å²) in [5, 5.41) is 9.87. The largest absolute Gasteiger partial charge is 0.478 e. The summed E-state index contributed by atoms with van der Waals surface area (Å²) in [4.78, 5) is 10.4. The van der Waals surface area contributed by atoms with Crippen molar-refractivity contribution in [2.24, 2.45) is 0 Å². The van der Waals surface area contributed by atoms with Crippen molar-refractivity contribution in [3.8, 4) is 0 Å². The Labute approximate surface area is 91.3 Å². The Bertz CT molecular complexity index is 389. The van der Waals surface area contributed by atoms with Crippen LogP contribution in [-0.2, 0) is 4.79 Å². The lowest BCUT2D eigenvalue weighted by molar-refractivity contribution is -0.131. The molecule has 0 saturated carbocycles. The number of rotatable bonds is 3. The van der Waals surface area contributed by atoms with Gasteiger partial charge in [-0.2, -0.15) is 0 Å². The van der Waals surface area contributed by atoms with Crippen LogP contribution in [-0.4, -0.2) is 19.1 Å². The van der Waals surface area contributed by atoms with E-state index in [1.165, 1.54) is 11.3 Å². The molecule has 0 aliphatic rings. The van der Waals surface area contributed by atoms with Crippen LogP contribution in [0.2, 0.25) is 19.6 Å². The highest BCUT2D eigenvalue weighted by atomic mass is 28.3. The van der Waals surface area contributed by atoms with Gasteiger partial charge in [-0.15, -0.1) is 0 Å². The van der Waals surface area contributed by atoms with Gasteiger partial charge in [0.2, 0.25) is 0 Å². The first-order chi connectivity index (χ1) is 6.89. The van der Waals surface area contributed by atoms with Crippen LogP contribution >= 0.6 is 0 Å². The van der Waals surface area contributed by atoms with Gasteiger partial charge in [0.05, 0.1) is 8.07 Å². The van der Waals surface area contributed by atoms with Crippen molar-refractivity contribution in [1.29, 1.82) is 0 Å². The fraction of sp³-hybridized carbons (Fsp3) is 0.250. The first-order valence-electron chi connectivity index (χ1n) is 4.91. The number of benzene rings is 1. The quantitative estimate of drug-likeness (QED) is 0.627. The van der Waals surface area contributed by atoms with Crippen LogP contribution in [0.1, 0.15) is 5.56 Å². The third kappa shape index (κ3) is 3.71. The first-order valence-corrected chi connectivity index (χ1v) is 8.41.